The van der Waals surface area contributed by atoms with Gasteiger partial charge in [-0.2, -0.15) is 0 Å². The quantitative estimate of drug-likeness (QED) is 0.823. The number of nitrogens with zero attached hydrogens (tertiary/aromatic N) is 2. The maximum Gasteiger partial charge on any atom is 0.293 e. The van der Waals surface area contributed by atoms with Crippen LogP contribution in [0.5, 0.6) is 0 Å². The molecule has 100 valence electrons. The molecule has 5 nitrogen and oxygen atoms in total. The number of hydrogen-bond acceptors (Lipinski definition) is 4. The summed E-state index contributed by atoms with van der Waals surface area (Å²) in [4.78, 5) is 16.2. The fraction of sp³-hybridized carbons (Fsp3) is 0.286. The van der Waals surface area contributed by atoms with Gasteiger partial charge in [0.2, 0.25) is 0 Å². The average molecular weight is 258 g/mol. The Morgan fingerprint density at radius 2 is 2.00 bits per heavy atom. The third-order valence-electron chi connectivity index (χ3n) is 2.86. The summed E-state index contributed by atoms with van der Waals surface area (Å²) in [5.41, 5.74) is 7.30. The van der Waals surface area contributed by atoms with E-state index < -0.39 is 0 Å². The molecule has 0 aliphatic heterocycles. The second-order valence-electron chi connectivity index (χ2n) is 4.68. The lowest BCUT2D eigenvalue weighted by atomic mass is 10.2. The van der Waals surface area contributed by atoms with E-state index in [0.29, 0.717) is 12.4 Å². The lowest BCUT2D eigenvalue weighted by molar-refractivity contribution is 0.575. The Labute approximate surface area is 112 Å². The summed E-state index contributed by atoms with van der Waals surface area (Å²) in [5.74, 6) is 0.369. The minimum atomic E-state index is -0.104. The standard InChI is InChI=1S/C14H18N4O/c1-10(2)18-8-7-16-13(14(18)19)17-9-11-3-5-12(15)6-4-11/h3-8,10H,9,15H2,1-2H3,(H,16,17). The van der Waals surface area contributed by atoms with E-state index in [1.807, 2.05) is 38.1 Å². The first kappa shape index (κ1) is 13.1. The highest BCUT2D eigenvalue weighted by atomic mass is 16.1. The molecular formula is C14H18N4O. The van der Waals surface area contributed by atoms with Gasteiger partial charge in [0.05, 0.1) is 0 Å². The van der Waals surface area contributed by atoms with Crippen molar-refractivity contribution in [3.05, 3.63) is 52.6 Å². The third kappa shape index (κ3) is 3.13. The second kappa shape index (κ2) is 5.56. The predicted molar refractivity (Wildman–Crippen MR) is 77.1 cm³/mol. The smallest absolute Gasteiger partial charge is 0.293 e. The Hall–Kier alpha value is -2.30. The molecule has 2 aromatic rings. The van der Waals surface area contributed by atoms with Gasteiger partial charge in [-0.3, -0.25) is 4.79 Å². The maximum atomic E-state index is 12.1. The van der Waals surface area contributed by atoms with E-state index in [1.54, 1.807) is 17.0 Å². The van der Waals surface area contributed by atoms with Crippen molar-refractivity contribution < 1.29 is 0 Å². The molecule has 0 spiro atoms. The molecule has 1 heterocycles. The fourth-order valence-corrected chi connectivity index (χ4v) is 1.77. The van der Waals surface area contributed by atoms with Gasteiger partial charge in [-0.05, 0) is 31.5 Å². The number of benzene rings is 1. The first-order valence-corrected chi connectivity index (χ1v) is 6.23. The van der Waals surface area contributed by atoms with E-state index in [2.05, 4.69) is 10.3 Å². The number of hydrogen-bond donors (Lipinski definition) is 2. The van der Waals surface area contributed by atoms with Gasteiger partial charge in [-0.15, -0.1) is 0 Å². The molecule has 0 bridgehead atoms. The topological polar surface area (TPSA) is 72.9 Å². The summed E-state index contributed by atoms with van der Waals surface area (Å²) in [6, 6.07) is 7.63. The lowest BCUT2D eigenvalue weighted by Crippen LogP contribution is -2.25. The number of anilines is 2. The van der Waals surface area contributed by atoms with E-state index in [-0.39, 0.29) is 11.6 Å². The van der Waals surface area contributed by atoms with E-state index in [4.69, 9.17) is 5.73 Å². The van der Waals surface area contributed by atoms with Crippen LogP contribution in [0.1, 0.15) is 25.5 Å². The highest BCUT2D eigenvalue weighted by Gasteiger charge is 2.06. The molecule has 0 aliphatic carbocycles. The van der Waals surface area contributed by atoms with Crippen LogP contribution in [-0.2, 0) is 6.54 Å². The molecular weight excluding hydrogens is 240 g/mol. The Morgan fingerprint density at radius 3 is 2.63 bits per heavy atom. The molecule has 1 aromatic heterocycles. The number of nitrogens with two attached hydrogens (primary N) is 1. The molecule has 0 amide bonds. The van der Waals surface area contributed by atoms with Gasteiger partial charge in [0.1, 0.15) is 0 Å². The van der Waals surface area contributed by atoms with Crippen molar-refractivity contribution >= 4 is 11.5 Å². The average Bonchev–Trinajstić information content (AvgIpc) is 2.39. The van der Waals surface area contributed by atoms with Gasteiger partial charge in [0.25, 0.3) is 5.56 Å². The normalized spacial score (nSPS) is 10.7. The second-order valence-corrected chi connectivity index (χ2v) is 4.68. The zero-order chi connectivity index (χ0) is 13.8. The molecule has 0 saturated heterocycles. The summed E-state index contributed by atoms with van der Waals surface area (Å²) in [7, 11) is 0. The van der Waals surface area contributed by atoms with Gasteiger partial charge in [0, 0.05) is 30.7 Å². The molecule has 3 N–H and O–H groups in total. The Kier molecular flexibility index (Phi) is 3.85. The van der Waals surface area contributed by atoms with E-state index in [1.165, 1.54) is 0 Å². The van der Waals surface area contributed by atoms with Crippen molar-refractivity contribution in [1.82, 2.24) is 9.55 Å². The minimum Gasteiger partial charge on any atom is -0.399 e. The van der Waals surface area contributed by atoms with E-state index in [0.717, 1.165) is 11.3 Å². The Bertz CT molecular complexity index is 602. The molecule has 19 heavy (non-hydrogen) atoms. The predicted octanol–water partition coefficient (Wildman–Crippen LogP) is 2.02. The van der Waals surface area contributed by atoms with Crippen LogP contribution in [0, 0.1) is 0 Å². The molecule has 0 saturated carbocycles. The first-order chi connectivity index (χ1) is 9.08. The Balaban J connectivity index is 2.14. The monoisotopic (exact) mass is 258 g/mol. The third-order valence-corrected chi connectivity index (χ3v) is 2.86. The number of rotatable bonds is 4. The molecule has 0 aliphatic rings. The van der Waals surface area contributed by atoms with E-state index >= 15 is 0 Å². The van der Waals surface area contributed by atoms with Gasteiger partial charge in [-0.1, -0.05) is 12.1 Å². The zero-order valence-corrected chi connectivity index (χ0v) is 11.1. The minimum absolute atomic E-state index is 0.104. The van der Waals surface area contributed by atoms with Crippen LogP contribution < -0.4 is 16.6 Å². The van der Waals surface area contributed by atoms with Crippen LogP contribution in [0.3, 0.4) is 0 Å². The molecule has 0 atom stereocenters. The van der Waals surface area contributed by atoms with Gasteiger partial charge >= 0.3 is 0 Å². The Morgan fingerprint density at radius 1 is 1.32 bits per heavy atom. The largest absolute Gasteiger partial charge is 0.399 e. The maximum absolute atomic E-state index is 12.1. The highest BCUT2D eigenvalue weighted by Crippen LogP contribution is 2.07. The SMILES string of the molecule is CC(C)n1ccnc(NCc2ccc(N)cc2)c1=O. The van der Waals surface area contributed by atoms with Crippen LogP contribution in [0.15, 0.2) is 41.5 Å². The highest BCUT2D eigenvalue weighted by molar-refractivity contribution is 5.40. The van der Waals surface area contributed by atoms with Gasteiger partial charge in [-0.25, -0.2) is 4.98 Å². The number of nitrogen functional groups attached to an aromatic ring is 1. The van der Waals surface area contributed by atoms with Crippen molar-refractivity contribution in [2.75, 3.05) is 11.1 Å². The van der Waals surface area contributed by atoms with E-state index in [9.17, 15) is 4.79 Å². The molecule has 1 aromatic carbocycles. The molecule has 5 heteroatoms. The van der Waals surface area contributed by atoms with Crippen LogP contribution in [-0.4, -0.2) is 9.55 Å². The molecule has 2 rings (SSSR count). The summed E-state index contributed by atoms with van der Waals surface area (Å²) >= 11 is 0. The van der Waals surface area contributed by atoms with Crippen molar-refractivity contribution in [1.29, 1.82) is 0 Å². The van der Waals surface area contributed by atoms with Crippen molar-refractivity contribution in [2.45, 2.75) is 26.4 Å². The van der Waals surface area contributed by atoms with Crippen molar-refractivity contribution in [3.63, 3.8) is 0 Å². The zero-order valence-electron chi connectivity index (χ0n) is 11.1. The fourth-order valence-electron chi connectivity index (χ4n) is 1.77. The molecule has 0 unspecified atom stereocenters. The van der Waals surface area contributed by atoms with Crippen LogP contribution >= 0.6 is 0 Å². The van der Waals surface area contributed by atoms with Crippen LogP contribution in [0.4, 0.5) is 11.5 Å². The number of aromatic nitrogens is 2. The van der Waals surface area contributed by atoms with Gasteiger partial charge in [0.15, 0.2) is 5.82 Å². The summed E-state index contributed by atoms with van der Waals surface area (Å²) in [6.45, 7) is 4.47. The number of nitrogens with one attached hydrogen (secondary N) is 1. The van der Waals surface area contributed by atoms with Gasteiger partial charge < -0.3 is 15.6 Å². The summed E-state index contributed by atoms with van der Waals surface area (Å²) in [5, 5.41) is 3.06. The van der Waals surface area contributed by atoms with Crippen LogP contribution in [0.2, 0.25) is 0 Å². The lowest BCUT2D eigenvalue weighted by Gasteiger charge is -2.11. The molecule has 0 radical (unpaired) electrons. The van der Waals surface area contributed by atoms with Crippen molar-refractivity contribution in [3.8, 4) is 0 Å². The molecule has 0 fully saturated rings. The van der Waals surface area contributed by atoms with Crippen molar-refractivity contribution in [2.24, 2.45) is 0 Å². The summed E-state index contributed by atoms with van der Waals surface area (Å²) in [6.07, 6.45) is 3.33. The first-order valence-electron chi connectivity index (χ1n) is 6.23. The summed E-state index contributed by atoms with van der Waals surface area (Å²) < 4.78 is 1.65. The van der Waals surface area contributed by atoms with Crippen LogP contribution in [0.25, 0.3) is 0 Å².